The van der Waals surface area contributed by atoms with Crippen LogP contribution in [0, 0.1) is 13.8 Å². The number of rotatable bonds is 26. The number of hydrogen-bond donors (Lipinski definition) is 6. The van der Waals surface area contributed by atoms with Gasteiger partial charge in [0.25, 0.3) is 35.4 Å². The lowest BCUT2D eigenvalue weighted by Crippen LogP contribution is -2.28. The lowest BCUT2D eigenvalue weighted by Gasteiger charge is -2.10. The zero-order valence-electron chi connectivity index (χ0n) is 41.8. The third-order valence-electron chi connectivity index (χ3n) is 11.6. The van der Waals surface area contributed by atoms with E-state index in [-0.39, 0.29) is 23.6 Å². The molecule has 6 aromatic heterocycles. The van der Waals surface area contributed by atoms with Gasteiger partial charge in [0.05, 0.1) is 45.2 Å². The number of aromatic nitrogens is 6. The fraction of sp³-hybridized carbons (Fsp3) is 0.429. The van der Waals surface area contributed by atoms with Crippen molar-refractivity contribution in [3.63, 3.8) is 0 Å². The Morgan fingerprint density at radius 2 is 0.831 bits per heavy atom. The Balaban J connectivity index is 1.07. The third kappa shape index (κ3) is 15.1. The van der Waals surface area contributed by atoms with Crippen LogP contribution in [0.3, 0.4) is 0 Å². The van der Waals surface area contributed by atoms with E-state index >= 15 is 0 Å². The molecule has 0 aliphatic carbocycles. The standard InChI is InChI=1S/C49H66N14O6S2/c1-32-42(70-30-52-32)48(68)56-36-24-40(46(66)54-34-22-38(60(7)26-34)44(64)50-16-14-18-58(3)4)62(28-36)20-12-10-9-11-13-21-63-29-37(57-49(69)43-33(2)53-31-71-43)25-41(63)47(67)55-35-23-39(61(8)27-35)45(65)51-17-15-19-59(5)6/h22-31H,9-21H2,1-8H3,(H,50,64)(H,51,65)(H,54,66)(H,55,67)(H,56,68)(H,57,69). The van der Waals surface area contributed by atoms with Crippen LogP contribution in [0.1, 0.15) is 118 Å². The van der Waals surface area contributed by atoms with Crippen LogP contribution in [0.25, 0.3) is 0 Å². The zero-order valence-corrected chi connectivity index (χ0v) is 43.4. The van der Waals surface area contributed by atoms with Gasteiger partial charge in [0.15, 0.2) is 0 Å². The molecule has 0 spiro atoms. The molecule has 6 N–H and O–H groups in total. The van der Waals surface area contributed by atoms with Crippen LogP contribution < -0.4 is 31.9 Å². The predicted molar refractivity (Wildman–Crippen MR) is 279 cm³/mol. The number of hydrogen-bond acceptors (Lipinski definition) is 12. The van der Waals surface area contributed by atoms with Gasteiger partial charge in [-0.15, -0.1) is 22.7 Å². The predicted octanol–water partition coefficient (Wildman–Crippen LogP) is 6.52. The van der Waals surface area contributed by atoms with Crippen molar-refractivity contribution in [3.05, 3.63) is 104 Å². The van der Waals surface area contributed by atoms with Crippen molar-refractivity contribution in [2.45, 2.75) is 71.9 Å². The summed E-state index contributed by atoms with van der Waals surface area (Å²) in [4.78, 5) is 93.4. The average molecular weight is 1010 g/mol. The van der Waals surface area contributed by atoms with Crippen LogP contribution in [0.4, 0.5) is 22.7 Å². The van der Waals surface area contributed by atoms with E-state index in [1.807, 2.05) is 37.3 Å². The zero-order chi connectivity index (χ0) is 51.2. The summed E-state index contributed by atoms with van der Waals surface area (Å²) >= 11 is 2.48. The minimum atomic E-state index is -0.392. The van der Waals surface area contributed by atoms with Crippen molar-refractivity contribution in [1.82, 2.24) is 48.7 Å². The number of carbonyl (C=O) groups excluding carboxylic acids is 6. The van der Waals surface area contributed by atoms with Gasteiger partial charge in [0.1, 0.15) is 32.5 Å². The first-order valence-corrected chi connectivity index (χ1v) is 25.4. The summed E-state index contributed by atoms with van der Waals surface area (Å²) in [6, 6.07) is 6.57. The fourth-order valence-electron chi connectivity index (χ4n) is 7.90. The molecule has 0 aliphatic rings. The highest BCUT2D eigenvalue weighted by Gasteiger charge is 2.22. The van der Waals surface area contributed by atoms with Crippen molar-refractivity contribution in [3.8, 4) is 0 Å². The number of carbonyl (C=O) groups is 6. The van der Waals surface area contributed by atoms with E-state index < -0.39 is 11.8 Å². The van der Waals surface area contributed by atoms with E-state index in [9.17, 15) is 28.8 Å². The summed E-state index contributed by atoms with van der Waals surface area (Å²) in [7, 11) is 11.4. The molecule has 0 radical (unpaired) electrons. The Labute approximate surface area is 422 Å². The molecular formula is C49H66N14O6S2. The molecule has 6 rings (SSSR count). The van der Waals surface area contributed by atoms with E-state index in [0.29, 0.717) is 92.8 Å². The molecule has 0 atom stereocenters. The topological polar surface area (TPSA) is 227 Å². The molecule has 6 amide bonds. The van der Waals surface area contributed by atoms with Crippen LogP contribution >= 0.6 is 22.7 Å². The first-order chi connectivity index (χ1) is 34.0. The number of nitrogens with one attached hydrogen (secondary N) is 6. The van der Waals surface area contributed by atoms with E-state index in [4.69, 9.17) is 0 Å². The molecule has 0 unspecified atom stereocenters. The van der Waals surface area contributed by atoms with Gasteiger partial charge in [-0.1, -0.05) is 19.3 Å². The normalized spacial score (nSPS) is 11.3. The monoisotopic (exact) mass is 1010 g/mol. The highest BCUT2D eigenvalue weighted by atomic mass is 32.1. The van der Waals surface area contributed by atoms with Gasteiger partial charge in [-0.3, -0.25) is 28.8 Å². The molecule has 6 aromatic rings. The van der Waals surface area contributed by atoms with Crippen LogP contribution in [0.15, 0.2) is 60.1 Å². The molecule has 0 saturated carbocycles. The van der Waals surface area contributed by atoms with Crippen molar-refractivity contribution in [1.29, 1.82) is 0 Å². The molecule has 0 bridgehead atoms. The van der Waals surface area contributed by atoms with Crippen molar-refractivity contribution in [2.24, 2.45) is 14.1 Å². The molecular weight excluding hydrogens is 945 g/mol. The maximum atomic E-state index is 13.9. The summed E-state index contributed by atoms with van der Waals surface area (Å²) in [6.45, 7) is 7.26. The first-order valence-electron chi connectivity index (χ1n) is 23.6. The van der Waals surface area contributed by atoms with Crippen LogP contribution in [-0.4, -0.2) is 128 Å². The molecule has 20 nitrogen and oxygen atoms in total. The second-order valence-electron chi connectivity index (χ2n) is 18.0. The van der Waals surface area contributed by atoms with E-state index in [1.165, 1.54) is 22.7 Å². The number of unbranched alkanes of at least 4 members (excludes halogenated alkanes) is 4. The van der Waals surface area contributed by atoms with Gasteiger partial charge in [-0.05, 0) is 105 Å². The van der Waals surface area contributed by atoms with E-state index in [0.717, 1.165) is 58.0 Å². The van der Waals surface area contributed by atoms with Gasteiger partial charge in [0.2, 0.25) is 0 Å². The Morgan fingerprint density at radius 3 is 1.20 bits per heavy atom. The fourth-order valence-corrected chi connectivity index (χ4v) is 9.30. The lowest BCUT2D eigenvalue weighted by molar-refractivity contribution is 0.0936. The average Bonchev–Trinajstić information content (AvgIpc) is 4.19. The van der Waals surface area contributed by atoms with E-state index in [2.05, 4.69) is 51.7 Å². The largest absolute Gasteiger partial charge is 0.351 e. The Morgan fingerprint density at radius 1 is 0.479 bits per heavy atom. The van der Waals surface area contributed by atoms with Gasteiger partial charge in [0, 0.05) is 65.1 Å². The lowest BCUT2D eigenvalue weighted by atomic mass is 10.1. The summed E-state index contributed by atoms with van der Waals surface area (Å²) in [5.74, 6) is -1.88. The summed E-state index contributed by atoms with van der Waals surface area (Å²) < 4.78 is 7.00. The Hall–Kier alpha value is -6.88. The first kappa shape index (κ1) is 53.5. The maximum absolute atomic E-state index is 13.9. The Bertz CT molecular complexity index is 2620. The number of aryl methyl sites for hydroxylation is 6. The van der Waals surface area contributed by atoms with Crippen molar-refractivity contribution in [2.75, 3.05) is 75.6 Å². The second kappa shape index (κ2) is 25.3. The summed E-state index contributed by atoms with van der Waals surface area (Å²) in [5, 5.41) is 17.6. The van der Waals surface area contributed by atoms with Crippen molar-refractivity contribution < 1.29 is 28.8 Å². The molecule has 0 fully saturated rings. The smallest absolute Gasteiger partial charge is 0.272 e. The van der Waals surface area contributed by atoms with Crippen LogP contribution in [0.2, 0.25) is 0 Å². The second-order valence-corrected chi connectivity index (χ2v) is 19.7. The molecule has 0 aliphatic heterocycles. The molecule has 71 heavy (non-hydrogen) atoms. The number of amides is 6. The molecule has 380 valence electrons. The van der Waals surface area contributed by atoms with Crippen molar-refractivity contribution >= 4 is 80.9 Å². The third-order valence-corrected chi connectivity index (χ3v) is 13.5. The number of nitrogens with zero attached hydrogens (tertiary/aromatic N) is 8. The summed E-state index contributed by atoms with van der Waals surface area (Å²) in [6.07, 6.45) is 12.5. The van der Waals surface area contributed by atoms with Crippen LogP contribution in [0.5, 0.6) is 0 Å². The van der Waals surface area contributed by atoms with Crippen LogP contribution in [-0.2, 0) is 27.2 Å². The Kier molecular flexibility index (Phi) is 19.1. The summed E-state index contributed by atoms with van der Waals surface area (Å²) in [5.41, 5.74) is 7.83. The molecule has 22 heteroatoms. The minimum Gasteiger partial charge on any atom is -0.351 e. The molecule has 6 heterocycles. The quantitative estimate of drug-likeness (QED) is 0.0323. The van der Waals surface area contributed by atoms with Gasteiger partial charge < -0.3 is 60.0 Å². The SMILES string of the molecule is Cc1ncsc1C(=O)Nc1cc(C(=O)Nc2cc(C(=O)NCCCN(C)C)n(C)c2)n(CCCCCCCn2cc(NC(=O)c3scnc3C)cc2C(=O)Nc2cc(C(=O)NCCCN(C)C)n(C)c2)c1. The number of thiazole rings is 2. The van der Waals surface area contributed by atoms with Gasteiger partial charge in [-0.2, -0.15) is 0 Å². The molecule has 0 aromatic carbocycles. The minimum absolute atomic E-state index is 0.236. The highest BCUT2D eigenvalue weighted by molar-refractivity contribution is 7.12. The maximum Gasteiger partial charge on any atom is 0.272 e. The van der Waals surface area contributed by atoms with Gasteiger partial charge >= 0.3 is 0 Å². The highest BCUT2D eigenvalue weighted by Crippen LogP contribution is 2.24. The van der Waals surface area contributed by atoms with Gasteiger partial charge in [-0.25, -0.2) is 9.97 Å². The molecule has 0 saturated heterocycles. The van der Waals surface area contributed by atoms with E-state index in [1.54, 1.807) is 97.2 Å². The number of anilines is 4.